The lowest BCUT2D eigenvalue weighted by Crippen LogP contribution is -1.85. The summed E-state index contributed by atoms with van der Waals surface area (Å²) in [5, 5.41) is 2.85. The molecule has 3 heteroatoms. The Labute approximate surface area is 103 Å². The molecule has 0 radical (unpaired) electrons. The SMILES string of the molecule is CCC.CNc1ncc(-c2ccc(C)cc2)o1. The molecule has 0 aliphatic rings. The molecule has 17 heavy (non-hydrogen) atoms. The standard InChI is InChI=1S/C11H12N2O.C3H8/c1-8-3-5-9(6-4-8)10-7-13-11(12-2)14-10;1-3-2/h3-7H,1-2H3,(H,12,13);3H2,1-2H3. The van der Waals surface area contributed by atoms with Crippen molar-refractivity contribution in [3.8, 4) is 11.3 Å². The van der Waals surface area contributed by atoms with Crippen LogP contribution in [0.2, 0.25) is 0 Å². The molecule has 0 aliphatic heterocycles. The van der Waals surface area contributed by atoms with E-state index in [9.17, 15) is 0 Å². The maximum Gasteiger partial charge on any atom is 0.294 e. The molecule has 1 N–H and O–H groups in total. The first-order valence-electron chi connectivity index (χ1n) is 5.91. The van der Waals surface area contributed by atoms with Crippen molar-refractivity contribution in [2.24, 2.45) is 0 Å². The summed E-state index contributed by atoms with van der Waals surface area (Å²) < 4.78 is 5.44. The van der Waals surface area contributed by atoms with Gasteiger partial charge in [0, 0.05) is 12.6 Å². The lowest BCUT2D eigenvalue weighted by molar-refractivity contribution is 0.589. The van der Waals surface area contributed by atoms with Crippen LogP contribution in [0.3, 0.4) is 0 Å². The van der Waals surface area contributed by atoms with Crippen LogP contribution in [-0.4, -0.2) is 12.0 Å². The minimum atomic E-state index is 0.542. The summed E-state index contributed by atoms with van der Waals surface area (Å²) in [5.41, 5.74) is 2.28. The molecular weight excluding hydrogens is 212 g/mol. The number of rotatable bonds is 2. The molecule has 2 rings (SSSR count). The Kier molecular flexibility index (Phi) is 5.27. The smallest absolute Gasteiger partial charge is 0.294 e. The van der Waals surface area contributed by atoms with Crippen LogP contribution in [0.4, 0.5) is 6.01 Å². The average Bonchev–Trinajstić information content (AvgIpc) is 2.80. The quantitative estimate of drug-likeness (QED) is 0.846. The summed E-state index contributed by atoms with van der Waals surface area (Å²) in [7, 11) is 1.78. The second-order valence-electron chi connectivity index (χ2n) is 3.85. The van der Waals surface area contributed by atoms with Crippen LogP contribution in [-0.2, 0) is 0 Å². The van der Waals surface area contributed by atoms with Gasteiger partial charge in [0.2, 0.25) is 0 Å². The molecule has 3 nitrogen and oxygen atoms in total. The van der Waals surface area contributed by atoms with Gasteiger partial charge in [-0.3, -0.25) is 0 Å². The molecule has 1 aromatic carbocycles. The molecule has 0 unspecified atom stereocenters. The summed E-state index contributed by atoms with van der Waals surface area (Å²) in [6, 6.07) is 8.69. The summed E-state index contributed by atoms with van der Waals surface area (Å²) in [6.45, 7) is 6.31. The normalized spacial score (nSPS) is 9.41. The molecule has 0 bridgehead atoms. The van der Waals surface area contributed by atoms with E-state index in [2.05, 4.69) is 43.2 Å². The number of hydrogen-bond acceptors (Lipinski definition) is 3. The molecule has 0 saturated carbocycles. The largest absolute Gasteiger partial charge is 0.424 e. The Morgan fingerprint density at radius 3 is 2.24 bits per heavy atom. The Morgan fingerprint density at radius 2 is 1.76 bits per heavy atom. The monoisotopic (exact) mass is 232 g/mol. The summed E-state index contributed by atoms with van der Waals surface area (Å²) >= 11 is 0. The van der Waals surface area contributed by atoms with Gasteiger partial charge in [0.05, 0.1) is 6.20 Å². The highest BCUT2D eigenvalue weighted by atomic mass is 16.4. The highest BCUT2D eigenvalue weighted by Crippen LogP contribution is 2.22. The number of benzene rings is 1. The number of nitrogens with one attached hydrogen (secondary N) is 1. The lowest BCUT2D eigenvalue weighted by Gasteiger charge is -1.96. The number of hydrogen-bond donors (Lipinski definition) is 1. The fourth-order valence-corrected chi connectivity index (χ4v) is 1.24. The van der Waals surface area contributed by atoms with E-state index in [-0.39, 0.29) is 0 Å². The predicted molar refractivity (Wildman–Crippen MR) is 72.2 cm³/mol. The summed E-state index contributed by atoms with van der Waals surface area (Å²) in [5.74, 6) is 0.786. The number of nitrogens with zero attached hydrogens (tertiary/aromatic N) is 1. The predicted octanol–water partition coefficient (Wildman–Crippen LogP) is 4.11. The number of aryl methyl sites for hydroxylation is 1. The number of oxazole rings is 1. The van der Waals surface area contributed by atoms with Crippen molar-refractivity contribution >= 4 is 6.01 Å². The fraction of sp³-hybridized carbons (Fsp3) is 0.357. The van der Waals surface area contributed by atoms with Gasteiger partial charge in [0.1, 0.15) is 0 Å². The van der Waals surface area contributed by atoms with Crippen LogP contribution >= 0.6 is 0 Å². The van der Waals surface area contributed by atoms with E-state index < -0.39 is 0 Å². The van der Waals surface area contributed by atoms with Crippen molar-refractivity contribution in [2.75, 3.05) is 12.4 Å². The topological polar surface area (TPSA) is 38.1 Å². The van der Waals surface area contributed by atoms with Crippen LogP contribution in [0.1, 0.15) is 25.8 Å². The van der Waals surface area contributed by atoms with Crippen LogP contribution in [0.5, 0.6) is 0 Å². The molecular formula is C14H20N2O. The first kappa shape index (κ1) is 13.3. The first-order chi connectivity index (χ1) is 8.21. The molecule has 0 aliphatic carbocycles. The van der Waals surface area contributed by atoms with Crippen molar-refractivity contribution in [2.45, 2.75) is 27.2 Å². The fourth-order valence-electron chi connectivity index (χ4n) is 1.24. The second kappa shape index (κ2) is 6.74. The third-order valence-corrected chi connectivity index (χ3v) is 2.06. The zero-order valence-corrected chi connectivity index (χ0v) is 10.9. The highest BCUT2D eigenvalue weighted by Gasteiger charge is 2.03. The van der Waals surface area contributed by atoms with E-state index in [1.165, 1.54) is 12.0 Å². The van der Waals surface area contributed by atoms with Gasteiger partial charge in [-0.15, -0.1) is 0 Å². The molecule has 0 fully saturated rings. The van der Waals surface area contributed by atoms with Gasteiger partial charge in [0.15, 0.2) is 5.76 Å². The van der Waals surface area contributed by atoms with E-state index in [0.29, 0.717) is 6.01 Å². The van der Waals surface area contributed by atoms with Gasteiger partial charge in [-0.1, -0.05) is 50.1 Å². The third-order valence-electron chi connectivity index (χ3n) is 2.06. The van der Waals surface area contributed by atoms with Crippen molar-refractivity contribution in [1.82, 2.24) is 4.98 Å². The highest BCUT2D eigenvalue weighted by molar-refractivity contribution is 5.57. The second-order valence-corrected chi connectivity index (χ2v) is 3.85. The van der Waals surface area contributed by atoms with Crippen molar-refractivity contribution in [3.05, 3.63) is 36.0 Å². The van der Waals surface area contributed by atoms with Gasteiger partial charge in [0.25, 0.3) is 6.01 Å². The molecule has 92 valence electrons. The van der Waals surface area contributed by atoms with Crippen LogP contribution in [0.15, 0.2) is 34.9 Å². The minimum absolute atomic E-state index is 0.542. The lowest BCUT2D eigenvalue weighted by atomic mass is 10.1. The molecule has 0 saturated heterocycles. The Hall–Kier alpha value is -1.77. The molecule has 0 amide bonds. The van der Waals surface area contributed by atoms with E-state index in [1.807, 2.05) is 12.1 Å². The third kappa shape index (κ3) is 3.94. The van der Waals surface area contributed by atoms with Gasteiger partial charge >= 0.3 is 0 Å². The van der Waals surface area contributed by atoms with Crippen molar-refractivity contribution in [3.63, 3.8) is 0 Å². The summed E-state index contributed by atoms with van der Waals surface area (Å²) in [6.07, 6.45) is 2.97. The average molecular weight is 232 g/mol. The van der Waals surface area contributed by atoms with Gasteiger partial charge < -0.3 is 9.73 Å². The van der Waals surface area contributed by atoms with Crippen LogP contribution in [0, 0.1) is 6.92 Å². The van der Waals surface area contributed by atoms with E-state index in [0.717, 1.165) is 11.3 Å². The zero-order valence-electron chi connectivity index (χ0n) is 10.9. The van der Waals surface area contributed by atoms with Crippen molar-refractivity contribution < 1.29 is 4.42 Å². The van der Waals surface area contributed by atoms with Crippen molar-refractivity contribution in [1.29, 1.82) is 0 Å². The maximum absolute atomic E-state index is 5.44. The molecule has 1 heterocycles. The van der Waals surface area contributed by atoms with Crippen LogP contribution < -0.4 is 5.32 Å². The molecule has 1 aromatic heterocycles. The molecule has 2 aromatic rings. The first-order valence-corrected chi connectivity index (χ1v) is 5.91. The van der Waals surface area contributed by atoms with Crippen LogP contribution in [0.25, 0.3) is 11.3 Å². The molecule has 0 spiro atoms. The number of anilines is 1. The van der Waals surface area contributed by atoms with E-state index >= 15 is 0 Å². The Bertz CT molecular complexity index is 432. The minimum Gasteiger partial charge on any atom is -0.424 e. The maximum atomic E-state index is 5.44. The van der Waals surface area contributed by atoms with Gasteiger partial charge in [-0.2, -0.15) is 0 Å². The Balaban J connectivity index is 0.000000437. The summed E-state index contributed by atoms with van der Waals surface area (Å²) in [4.78, 5) is 4.06. The molecule has 0 atom stereocenters. The van der Waals surface area contributed by atoms with E-state index in [1.54, 1.807) is 13.2 Å². The zero-order chi connectivity index (χ0) is 12.7. The van der Waals surface area contributed by atoms with Gasteiger partial charge in [-0.05, 0) is 6.92 Å². The van der Waals surface area contributed by atoms with E-state index in [4.69, 9.17) is 4.42 Å². The van der Waals surface area contributed by atoms with Gasteiger partial charge in [-0.25, -0.2) is 4.98 Å². The number of aromatic nitrogens is 1. The Morgan fingerprint density at radius 1 is 1.18 bits per heavy atom.